The molecule has 4 nitrogen and oxygen atoms in total. The molecule has 0 heterocycles. The summed E-state index contributed by atoms with van der Waals surface area (Å²) in [6, 6.07) is 2.39. The van der Waals surface area contributed by atoms with Gasteiger partial charge in [0.25, 0.3) is 0 Å². The number of hydrogen-bond donors (Lipinski definition) is 1. The highest BCUT2D eigenvalue weighted by Crippen LogP contribution is 2.25. The van der Waals surface area contributed by atoms with Gasteiger partial charge in [0.2, 0.25) is 10.0 Å². The van der Waals surface area contributed by atoms with Crippen LogP contribution in [0.2, 0.25) is 0 Å². The third-order valence-corrected chi connectivity index (χ3v) is 5.88. The summed E-state index contributed by atoms with van der Waals surface area (Å²) in [6.07, 6.45) is 1.82. The minimum Gasteiger partial charge on any atom is -0.398 e. The second-order valence-corrected chi connectivity index (χ2v) is 7.20. The van der Waals surface area contributed by atoms with Crippen LogP contribution in [0.15, 0.2) is 17.0 Å². The summed E-state index contributed by atoms with van der Waals surface area (Å²) in [5, 5.41) is 0. The van der Waals surface area contributed by atoms with Crippen LogP contribution in [0.5, 0.6) is 0 Å². The van der Waals surface area contributed by atoms with Gasteiger partial charge in [-0.15, -0.1) is 0 Å². The van der Waals surface area contributed by atoms with E-state index in [9.17, 15) is 12.8 Å². The molecule has 0 amide bonds. The molecule has 0 radical (unpaired) electrons. The Morgan fingerprint density at radius 3 is 2.24 bits per heavy atom. The van der Waals surface area contributed by atoms with E-state index in [4.69, 9.17) is 5.73 Å². The molecule has 2 N–H and O–H groups in total. The number of nitrogen functional groups attached to an aromatic ring is 1. The van der Waals surface area contributed by atoms with Gasteiger partial charge in [0.15, 0.2) is 0 Å². The van der Waals surface area contributed by atoms with Gasteiger partial charge in [0, 0.05) is 24.3 Å². The van der Waals surface area contributed by atoms with Gasteiger partial charge >= 0.3 is 0 Å². The van der Waals surface area contributed by atoms with Gasteiger partial charge in [-0.2, -0.15) is 4.31 Å². The predicted octanol–water partition coefficient (Wildman–Crippen LogP) is 3.16. The van der Waals surface area contributed by atoms with Crippen LogP contribution in [-0.4, -0.2) is 25.8 Å². The Balaban J connectivity index is 3.19. The monoisotopic (exact) mass is 316 g/mol. The van der Waals surface area contributed by atoms with E-state index in [1.54, 1.807) is 6.92 Å². The molecule has 1 aromatic rings. The van der Waals surface area contributed by atoms with Gasteiger partial charge in [-0.1, -0.05) is 33.6 Å². The first-order valence-electron chi connectivity index (χ1n) is 7.33. The number of rotatable bonds is 7. The van der Waals surface area contributed by atoms with Crippen molar-refractivity contribution in [1.29, 1.82) is 0 Å². The van der Waals surface area contributed by atoms with E-state index in [0.717, 1.165) is 18.9 Å². The molecule has 1 rings (SSSR count). The molecule has 0 fully saturated rings. The van der Waals surface area contributed by atoms with Crippen LogP contribution < -0.4 is 5.73 Å². The van der Waals surface area contributed by atoms with E-state index in [1.165, 1.54) is 17.3 Å². The van der Waals surface area contributed by atoms with Gasteiger partial charge < -0.3 is 5.73 Å². The molecule has 0 atom stereocenters. The molecule has 6 heteroatoms. The van der Waals surface area contributed by atoms with Crippen molar-refractivity contribution in [3.05, 3.63) is 23.5 Å². The first kappa shape index (κ1) is 17.9. The first-order valence-corrected chi connectivity index (χ1v) is 8.77. The SMILES string of the molecule is CCC(CC)CN(CC)S(=O)(=O)c1cc(N)c(C)c(F)c1. The minimum atomic E-state index is -3.71. The molecule has 0 aromatic heterocycles. The highest BCUT2D eigenvalue weighted by atomic mass is 32.2. The van der Waals surface area contributed by atoms with Crippen LogP contribution in [0.4, 0.5) is 10.1 Å². The molecule has 0 aliphatic heterocycles. The normalized spacial score (nSPS) is 12.3. The van der Waals surface area contributed by atoms with Crippen molar-refractivity contribution in [2.24, 2.45) is 5.92 Å². The number of anilines is 1. The fraction of sp³-hybridized carbons (Fsp3) is 0.600. The lowest BCUT2D eigenvalue weighted by Crippen LogP contribution is -2.35. The van der Waals surface area contributed by atoms with Crippen LogP contribution in [0, 0.1) is 18.7 Å². The summed E-state index contributed by atoms with van der Waals surface area (Å²) in [7, 11) is -3.71. The lowest BCUT2D eigenvalue weighted by Gasteiger charge is -2.25. The topological polar surface area (TPSA) is 63.4 Å². The summed E-state index contributed by atoms with van der Waals surface area (Å²) >= 11 is 0. The zero-order chi connectivity index (χ0) is 16.2. The molecule has 0 unspecified atom stereocenters. The van der Waals surface area contributed by atoms with Gasteiger partial charge in [-0.3, -0.25) is 0 Å². The quantitative estimate of drug-likeness (QED) is 0.786. The lowest BCUT2D eigenvalue weighted by atomic mass is 10.0. The van der Waals surface area contributed by atoms with Gasteiger partial charge in [-0.05, 0) is 25.0 Å². The van der Waals surface area contributed by atoms with E-state index in [2.05, 4.69) is 0 Å². The van der Waals surface area contributed by atoms with Crippen LogP contribution in [0.3, 0.4) is 0 Å². The zero-order valence-electron chi connectivity index (χ0n) is 13.2. The van der Waals surface area contributed by atoms with Gasteiger partial charge in [0.1, 0.15) is 5.82 Å². The average molecular weight is 316 g/mol. The largest absolute Gasteiger partial charge is 0.398 e. The van der Waals surface area contributed by atoms with E-state index in [1.807, 2.05) is 13.8 Å². The summed E-state index contributed by atoms with van der Waals surface area (Å²) in [5.41, 5.74) is 6.12. The Morgan fingerprint density at radius 1 is 1.24 bits per heavy atom. The molecule has 120 valence electrons. The Hall–Kier alpha value is -1.14. The maximum Gasteiger partial charge on any atom is 0.243 e. The van der Waals surface area contributed by atoms with Crippen molar-refractivity contribution < 1.29 is 12.8 Å². The predicted molar refractivity (Wildman–Crippen MR) is 84.1 cm³/mol. The van der Waals surface area contributed by atoms with E-state index in [0.29, 0.717) is 19.0 Å². The van der Waals surface area contributed by atoms with Crippen LogP contribution in [0.25, 0.3) is 0 Å². The number of sulfonamides is 1. The van der Waals surface area contributed by atoms with Crippen molar-refractivity contribution >= 4 is 15.7 Å². The second kappa shape index (κ2) is 7.22. The molecule has 0 aliphatic rings. The number of halogens is 1. The van der Waals surface area contributed by atoms with E-state index >= 15 is 0 Å². The summed E-state index contributed by atoms with van der Waals surface area (Å²) in [5.74, 6) is -0.292. The molecular weight excluding hydrogens is 291 g/mol. The Morgan fingerprint density at radius 2 is 1.81 bits per heavy atom. The smallest absolute Gasteiger partial charge is 0.243 e. The summed E-state index contributed by atoms with van der Waals surface area (Å²) in [4.78, 5) is -0.0732. The molecule has 0 aliphatic carbocycles. The number of hydrogen-bond acceptors (Lipinski definition) is 3. The number of nitrogens with two attached hydrogens (primary N) is 1. The van der Waals surface area contributed by atoms with Gasteiger partial charge in [0.05, 0.1) is 4.90 Å². The Kier molecular flexibility index (Phi) is 6.16. The van der Waals surface area contributed by atoms with Crippen molar-refractivity contribution in [3.63, 3.8) is 0 Å². The summed E-state index contributed by atoms with van der Waals surface area (Å²) in [6.45, 7) is 8.20. The Bertz CT molecular complexity index is 560. The fourth-order valence-electron chi connectivity index (χ4n) is 2.20. The first-order chi connectivity index (χ1) is 9.77. The van der Waals surface area contributed by atoms with Crippen molar-refractivity contribution in [2.75, 3.05) is 18.8 Å². The standard InChI is InChI=1S/C15H25FN2O2S/c1-5-12(6-2)10-18(7-3)21(19,20)13-8-14(16)11(4)15(17)9-13/h8-9,12H,5-7,10,17H2,1-4H3. The minimum absolute atomic E-state index is 0.0732. The third kappa shape index (κ3) is 3.95. The summed E-state index contributed by atoms with van der Waals surface area (Å²) < 4.78 is 40.5. The number of benzene rings is 1. The molecule has 0 saturated heterocycles. The molecule has 0 bridgehead atoms. The van der Waals surface area contributed by atoms with E-state index in [-0.39, 0.29) is 16.1 Å². The van der Waals surface area contributed by atoms with Crippen molar-refractivity contribution in [1.82, 2.24) is 4.31 Å². The highest BCUT2D eigenvalue weighted by molar-refractivity contribution is 7.89. The van der Waals surface area contributed by atoms with Gasteiger partial charge in [-0.25, -0.2) is 12.8 Å². The third-order valence-electron chi connectivity index (χ3n) is 3.97. The Labute approximate surface area is 127 Å². The average Bonchev–Trinajstić information content (AvgIpc) is 2.45. The van der Waals surface area contributed by atoms with Crippen LogP contribution in [0.1, 0.15) is 39.2 Å². The second-order valence-electron chi connectivity index (χ2n) is 5.26. The lowest BCUT2D eigenvalue weighted by molar-refractivity contribution is 0.339. The highest BCUT2D eigenvalue weighted by Gasteiger charge is 2.26. The fourth-order valence-corrected chi connectivity index (χ4v) is 3.78. The maximum absolute atomic E-state index is 13.8. The van der Waals surface area contributed by atoms with E-state index < -0.39 is 15.8 Å². The van der Waals surface area contributed by atoms with Crippen LogP contribution >= 0.6 is 0 Å². The molecular formula is C15H25FN2O2S. The van der Waals surface area contributed by atoms with Crippen molar-refractivity contribution in [2.45, 2.75) is 45.4 Å². The molecule has 21 heavy (non-hydrogen) atoms. The van der Waals surface area contributed by atoms with Crippen molar-refractivity contribution in [3.8, 4) is 0 Å². The van der Waals surface area contributed by atoms with Crippen LogP contribution in [-0.2, 0) is 10.0 Å². The molecule has 0 spiro atoms. The molecule has 0 saturated carbocycles. The maximum atomic E-state index is 13.8. The molecule has 1 aromatic carbocycles. The number of nitrogens with zero attached hydrogens (tertiary/aromatic N) is 1. The zero-order valence-corrected chi connectivity index (χ0v) is 14.0.